The monoisotopic (exact) mass is 130 g/mol. The summed E-state index contributed by atoms with van der Waals surface area (Å²) >= 11 is 0. The molecule has 0 radical (unpaired) electrons. The molecular weight excluding hydrogens is 116 g/mol. The second-order valence-electron chi connectivity index (χ2n) is 2.60. The van der Waals surface area contributed by atoms with E-state index in [1.54, 1.807) is 0 Å². The molecule has 0 unspecified atom stereocenters. The normalized spacial score (nSPS) is 36.7. The van der Waals surface area contributed by atoms with Crippen LogP contribution in [0.5, 0.6) is 0 Å². The quantitative estimate of drug-likeness (QED) is 0.423. The minimum absolute atomic E-state index is 0.205. The maximum atomic E-state index is 8.74. The van der Waals surface area contributed by atoms with Crippen LogP contribution in [-0.4, -0.2) is 30.8 Å². The molecule has 3 heteroatoms. The average Bonchev–Trinajstić information content (AvgIpc) is 1.89. The van der Waals surface area contributed by atoms with E-state index in [-0.39, 0.29) is 18.6 Å². The molecule has 1 aliphatic heterocycles. The molecule has 1 aliphatic rings. The number of aliphatic hydroxyl groups is 1. The van der Waals surface area contributed by atoms with E-state index in [9.17, 15) is 0 Å². The van der Waals surface area contributed by atoms with Gasteiger partial charge in [-0.05, 0) is 13.0 Å². The largest absolute Gasteiger partial charge is 0.396 e. The first-order valence-corrected chi connectivity index (χ1v) is 3.41. The zero-order valence-electron chi connectivity index (χ0n) is 5.51. The topological polar surface area (TPSA) is 58.3 Å². The average molecular weight is 130 g/mol. The molecule has 0 bridgehead atoms. The van der Waals surface area contributed by atoms with Gasteiger partial charge in [0.25, 0.3) is 0 Å². The van der Waals surface area contributed by atoms with Crippen LogP contribution in [-0.2, 0) is 0 Å². The highest BCUT2D eigenvalue weighted by Gasteiger charge is 2.19. The number of nitrogens with two attached hydrogens (primary N) is 1. The summed E-state index contributed by atoms with van der Waals surface area (Å²) in [5.74, 6) is 0.277. The molecule has 0 saturated carbocycles. The SMILES string of the molecule is N[C@@H]1CCNC[C@@H]1CO. The van der Waals surface area contributed by atoms with Crippen molar-refractivity contribution >= 4 is 0 Å². The summed E-state index contributed by atoms with van der Waals surface area (Å²) in [4.78, 5) is 0. The molecule has 0 aliphatic carbocycles. The molecular formula is C6H14N2O. The molecule has 4 N–H and O–H groups in total. The Morgan fingerprint density at radius 2 is 2.44 bits per heavy atom. The van der Waals surface area contributed by atoms with Gasteiger partial charge in [-0.2, -0.15) is 0 Å². The first kappa shape index (κ1) is 6.99. The highest BCUT2D eigenvalue weighted by atomic mass is 16.3. The van der Waals surface area contributed by atoms with Gasteiger partial charge in [0, 0.05) is 25.1 Å². The first-order valence-electron chi connectivity index (χ1n) is 3.41. The van der Waals surface area contributed by atoms with E-state index in [1.807, 2.05) is 0 Å². The fourth-order valence-electron chi connectivity index (χ4n) is 1.14. The number of rotatable bonds is 1. The van der Waals surface area contributed by atoms with Gasteiger partial charge < -0.3 is 16.2 Å². The number of piperidine rings is 1. The Morgan fingerprint density at radius 1 is 1.67 bits per heavy atom. The standard InChI is InChI=1S/C6H14N2O/c7-6-1-2-8-3-5(6)4-9/h5-6,8-9H,1-4,7H2/t5-,6-/m1/s1. The lowest BCUT2D eigenvalue weighted by Crippen LogP contribution is -2.46. The maximum absolute atomic E-state index is 8.74. The van der Waals surface area contributed by atoms with Crippen molar-refractivity contribution in [2.75, 3.05) is 19.7 Å². The van der Waals surface area contributed by atoms with Gasteiger partial charge in [0.15, 0.2) is 0 Å². The third-order valence-electron chi connectivity index (χ3n) is 1.90. The van der Waals surface area contributed by atoms with Gasteiger partial charge in [0.05, 0.1) is 0 Å². The van der Waals surface area contributed by atoms with Gasteiger partial charge in [-0.15, -0.1) is 0 Å². The Kier molecular flexibility index (Phi) is 2.45. The molecule has 0 aromatic carbocycles. The van der Waals surface area contributed by atoms with Crippen molar-refractivity contribution in [1.82, 2.24) is 5.32 Å². The molecule has 1 fully saturated rings. The summed E-state index contributed by atoms with van der Waals surface area (Å²) in [6.07, 6.45) is 0.991. The molecule has 1 rings (SSSR count). The van der Waals surface area contributed by atoms with Crippen LogP contribution in [0.15, 0.2) is 0 Å². The Labute approximate surface area is 55.2 Å². The predicted octanol–water partition coefficient (Wildman–Crippen LogP) is -1.08. The van der Waals surface area contributed by atoms with Crippen molar-refractivity contribution in [2.24, 2.45) is 11.7 Å². The predicted molar refractivity (Wildman–Crippen MR) is 36.0 cm³/mol. The van der Waals surface area contributed by atoms with E-state index in [4.69, 9.17) is 10.8 Å². The third kappa shape index (κ3) is 1.64. The molecule has 54 valence electrons. The van der Waals surface area contributed by atoms with Crippen LogP contribution >= 0.6 is 0 Å². The summed E-state index contributed by atoms with van der Waals surface area (Å²) in [6, 6.07) is 0.205. The lowest BCUT2D eigenvalue weighted by Gasteiger charge is -2.27. The van der Waals surface area contributed by atoms with Crippen molar-refractivity contribution in [3.63, 3.8) is 0 Å². The molecule has 0 spiro atoms. The Balaban J connectivity index is 2.30. The summed E-state index contributed by atoms with van der Waals surface area (Å²) in [5.41, 5.74) is 5.69. The highest BCUT2D eigenvalue weighted by molar-refractivity contribution is 4.79. The van der Waals surface area contributed by atoms with Crippen LogP contribution in [0.1, 0.15) is 6.42 Å². The maximum Gasteiger partial charge on any atom is 0.0486 e. The van der Waals surface area contributed by atoms with Gasteiger partial charge in [-0.3, -0.25) is 0 Å². The summed E-state index contributed by atoms with van der Waals surface area (Å²) in [5, 5.41) is 11.9. The van der Waals surface area contributed by atoms with E-state index < -0.39 is 0 Å². The van der Waals surface area contributed by atoms with Gasteiger partial charge in [-0.1, -0.05) is 0 Å². The van der Waals surface area contributed by atoms with E-state index in [0.717, 1.165) is 19.5 Å². The lowest BCUT2D eigenvalue weighted by molar-refractivity contribution is 0.181. The van der Waals surface area contributed by atoms with E-state index in [2.05, 4.69) is 5.32 Å². The zero-order valence-corrected chi connectivity index (χ0v) is 5.51. The van der Waals surface area contributed by atoms with Crippen LogP contribution in [0.2, 0.25) is 0 Å². The minimum Gasteiger partial charge on any atom is -0.396 e. The highest BCUT2D eigenvalue weighted by Crippen LogP contribution is 2.06. The van der Waals surface area contributed by atoms with E-state index in [1.165, 1.54) is 0 Å². The molecule has 9 heavy (non-hydrogen) atoms. The fourth-order valence-corrected chi connectivity index (χ4v) is 1.14. The number of nitrogens with one attached hydrogen (secondary N) is 1. The van der Waals surface area contributed by atoms with Gasteiger partial charge >= 0.3 is 0 Å². The van der Waals surface area contributed by atoms with Gasteiger partial charge in [0.2, 0.25) is 0 Å². The van der Waals surface area contributed by atoms with Crippen LogP contribution in [0.25, 0.3) is 0 Å². The zero-order chi connectivity index (χ0) is 6.69. The molecule has 1 saturated heterocycles. The summed E-state index contributed by atoms with van der Waals surface area (Å²) < 4.78 is 0. The Morgan fingerprint density at radius 3 is 2.89 bits per heavy atom. The van der Waals surface area contributed by atoms with Crippen molar-refractivity contribution in [3.8, 4) is 0 Å². The van der Waals surface area contributed by atoms with Crippen LogP contribution in [0.3, 0.4) is 0 Å². The van der Waals surface area contributed by atoms with Gasteiger partial charge in [-0.25, -0.2) is 0 Å². The van der Waals surface area contributed by atoms with E-state index in [0.29, 0.717) is 0 Å². The lowest BCUT2D eigenvalue weighted by atomic mass is 9.95. The summed E-state index contributed by atoms with van der Waals surface area (Å²) in [7, 11) is 0. The third-order valence-corrected chi connectivity index (χ3v) is 1.90. The molecule has 2 atom stereocenters. The molecule has 1 heterocycles. The minimum atomic E-state index is 0.205. The van der Waals surface area contributed by atoms with Crippen molar-refractivity contribution in [3.05, 3.63) is 0 Å². The van der Waals surface area contributed by atoms with Crippen molar-refractivity contribution in [2.45, 2.75) is 12.5 Å². The van der Waals surface area contributed by atoms with Crippen molar-refractivity contribution < 1.29 is 5.11 Å². The molecule has 0 aromatic rings. The second kappa shape index (κ2) is 3.15. The smallest absolute Gasteiger partial charge is 0.0486 e. The summed E-state index contributed by atoms with van der Waals surface area (Å²) in [6.45, 7) is 2.09. The number of hydrogen-bond donors (Lipinski definition) is 3. The van der Waals surface area contributed by atoms with Gasteiger partial charge in [0.1, 0.15) is 0 Å². The van der Waals surface area contributed by atoms with Crippen molar-refractivity contribution in [1.29, 1.82) is 0 Å². The van der Waals surface area contributed by atoms with Crippen LogP contribution in [0, 0.1) is 5.92 Å². The fraction of sp³-hybridized carbons (Fsp3) is 1.00. The van der Waals surface area contributed by atoms with E-state index >= 15 is 0 Å². The number of hydrogen-bond acceptors (Lipinski definition) is 3. The first-order chi connectivity index (χ1) is 4.34. The molecule has 0 aromatic heterocycles. The number of aliphatic hydroxyl groups excluding tert-OH is 1. The molecule has 3 nitrogen and oxygen atoms in total. The van der Waals surface area contributed by atoms with Crippen LogP contribution in [0.4, 0.5) is 0 Å². The Bertz CT molecular complexity index is 87.1. The Hall–Kier alpha value is -0.120. The second-order valence-corrected chi connectivity index (χ2v) is 2.60. The van der Waals surface area contributed by atoms with Crippen LogP contribution < -0.4 is 11.1 Å². The molecule has 0 amide bonds.